The molecule has 0 radical (unpaired) electrons. The fourth-order valence-electron chi connectivity index (χ4n) is 3.29. The summed E-state index contributed by atoms with van der Waals surface area (Å²) in [4.78, 5) is 3.31. The lowest BCUT2D eigenvalue weighted by atomic mass is 9.94. The summed E-state index contributed by atoms with van der Waals surface area (Å²) in [5.74, 6) is 0.757. The minimum Gasteiger partial charge on any atom is -0.360 e. The van der Waals surface area contributed by atoms with Gasteiger partial charge in [-0.2, -0.15) is 0 Å². The Balaban J connectivity index is 1.89. The maximum atomic E-state index is 6.20. The van der Waals surface area contributed by atoms with Crippen molar-refractivity contribution < 1.29 is 0 Å². The highest BCUT2D eigenvalue weighted by atomic mass is 35.5. The minimum absolute atomic E-state index is 0.675. The van der Waals surface area contributed by atoms with E-state index in [4.69, 9.17) is 11.6 Å². The lowest BCUT2D eigenvalue weighted by Crippen LogP contribution is -2.29. The third kappa shape index (κ3) is 2.04. The highest BCUT2D eigenvalue weighted by Gasteiger charge is 2.26. The number of aromatic nitrogens is 1. The van der Waals surface area contributed by atoms with Crippen molar-refractivity contribution >= 4 is 22.5 Å². The van der Waals surface area contributed by atoms with Crippen LogP contribution in [0.2, 0.25) is 5.02 Å². The Kier molecular flexibility index (Phi) is 3.31. The van der Waals surface area contributed by atoms with Crippen LogP contribution in [0.5, 0.6) is 0 Å². The number of nitrogens with one attached hydrogen (secondary N) is 2. The Labute approximate surface area is 113 Å². The van der Waals surface area contributed by atoms with Gasteiger partial charge in [-0.1, -0.05) is 30.2 Å². The quantitative estimate of drug-likeness (QED) is 0.866. The molecule has 1 aromatic heterocycles. The number of hydrogen-bond donors (Lipinski definition) is 2. The molecule has 2 aromatic rings. The van der Waals surface area contributed by atoms with Gasteiger partial charge in [0.05, 0.1) is 10.5 Å². The average molecular weight is 263 g/mol. The molecule has 1 aromatic carbocycles. The molecule has 0 spiro atoms. The van der Waals surface area contributed by atoms with Gasteiger partial charge in [0.1, 0.15) is 0 Å². The van der Waals surface area contributed by atoms with E-state index in [1.54, 1.807) is 0 Å². The normalized spacial score (nSPS) is 23.9. The molecule has 0 amide bonds. The summed E-state index contributed by atoms with van der Waals surface area (Å²) >= 11 is 6.20. The highest BCUT2D eigenvalue weighted by Crippen LogP contribution is 2.32. The molecule has 0 aliphatic heterocycles. The van der Waals surface area contributed by atoms with Crippen molar-refractivity contribution in [3.05, 3.63) is 35.0 Å². The maximum absolute atomic E-state index is 6.20. The molecule has 18 heavy (non-hydrogen) atoms. The van der Waals surface area contributed by atoms with Crippen molar-refractivity contribution in [1.29, 1.82) is 0 Å². The Morgan fingerprint density at radius 3 is 3.11 bits per heavy atom. The van der Waals surface area contributed by atoms with Crippen LogP contribution >= 0.6 is 11.6 Å². The van der Waals surface area contributed by atoms with Crippen molar-refractivity contribution in [2.75, 3.05) is 7.05 Å². The van der Waals surface area contributed by atoms with E-state index >= 15 is 0 Å². The van der Waals surface area contributed by atoms with Crippen LogP contribution < -0.4 is 5.32 Å². The number of fused-ring (bicyclic) bond motifs is 1. The van der Waals surface area contributed by atoms with Gasteiger partial charge in [0.2, 0.25) is 0 Å². The molecule has 2 atom stereocenters. The van der Waals surface area contributed by atoms with Crippen molar-refractivity contribution in [2.24, 2.45) is 5.92 Å². The largest absolute Gasteiger partial charge is 0.360 e. The zero-order valence-electron chi connectivity index (χ0n) is 10.7. The van der Waals surface area contributed by atoms with E-state index in [-0.39, 0.29) is 0 Å². The van der Waals surface area contributed by atoms with E-state index in [0.717, 1.165) is 22.9 Å². The first-order valence-electron chi connectivity index (χ1n) is 6.71. The van der Waals surface area contributed by atoms with Crippen LogP contribution in [0.1, 0.15) is 24.8 Å². The topological polar surface area (TPSA) is 27.8 Å². The summed E-state index contributed by atoms with van der Waals surface area (Å²) in [6.07, 6.45) is 7.26. The molecule has 1 aliphatic rings. The number of para-hydroxylation sites is 1. The molecule has 2 N–H and O–H groups in total. The lowest BCUT2D eigenvalue weighted by molar-refractivity contribution is 0.424. The Morgan fingerprint density at radius 1 is 1.39 bits per heavy atom. The van der Waals surface area contributed by atoms with E-state index in [2.05, 4.69) is 29.6 Å². The van der Waals surface area contributed by atoms with Gasteiger partial charge in [-0.15, -0.1) is 0 Å². The summed E-state index contributed by atoms with van der Waals surface area (Å²) in [7, 11) is 2.08. The zero-order valence-corrected chi connectivity index (χ0v) is 11.4. The van der Waals surface area contributed by atoms with Crippen LogP contribution in [-0.4, -0.2) is 18.1 Å². The average Bonchev–Trinajstić information content (AvgIpc) is 2.98. The summed E-state index contributed by atoms with van der Waals surface area (Å²) in [6, 6.07) is 6.81. The Bertz CT molecular complexity index is 546. The molecule has 3 rings (SSSR count). The Morgan fingerprint density at radius 2 is 2.28 bits per heavy atom. The van der Waals surface area contributed by atoms with Gasteiger partial charge in [-0.05, 0) is 43.9 Å². The van der Waals surface area contributed by atoms with Crippen LogP contribution in [0.3, 0.4) is 0 Å². The first-order valence-corrected chi connectivity index (χ1v) is 7.09. The van der Waals surface area contributed by atoms with Gasteiger partial charge >= 0.3 is 0 Å². The van der Waals surface area contributed by atoms with E-state index < -0.39 is 0 Å². The van der Waals surface area contributed by atoms with Crippen LogP contribution in [0.15, 0.2) is 24.4 Å². The van der Waals surface area contributed by atoms with Gasteiger partial charge in [0, 0.05) is 17.6 Å². The molecular formula is C15H19ClN2. The van der Waals surface area contributed by atoms with E-state index in [1.165, 1.54) is 30.2 Å². The summed E-state index contributed by atoms with van der Waals surface area (Å²) < 4.78 is 0. The van der Waals surface area contributed by atoms with Crippen molar-refractivity contribution in [3.63, 3.8) is 0 Å². The second kappa shape index (κ2) is 4.94. The first-order chi connectivity index (χ1) is 8.79. The minimum atomic E-state index is 0.675. The molecule has 96 valence electrons. The summed E-state index contributed by atoms with van der Waals surface area (Å²) in [5, 5.41) is 5.55. The van der Waals surface area contributed by atoms with Gasteiger partial charge in [-0.3, -0.25) is 0 Å². The summed E-state index contributed by atoms with van der Waals surface area (Å²) in [6.45, 7) is 0. The van der Waals surface area contributed by atoms with Crippen molar-refractivity contribution in [3.8, 4) is 0 Å². The smallest absolute Gasteiger partial charge is 0.0647 e. The van der Waals surface area contributed by atoms with E-state index in [1.807, 2.05) is 12.1 Å². The predicted molar refractivity (Wildman–Crippen MR) is 77.2 cm³/mol. The molecule has 1 heterocycles. The number of hydrogen-bond acceptors (Lipinski definition) is 1. The molecule has 3 heteroatoms. The maximum Gasteiger partial charge on any atom is 0.0647 e. The Hall–Kier alpha value is -0.990. The lowest BCUT2D eigenvalue weighted by Gasteiger charge is -2.18. The number of halogens is 1. The van der Waals surface area contributed by atoms with Gasteiger partial charge < -0.3 is 10.3 Å². The molecule has 2 unspecified atom stereocenters. The zero-order chi connectivity index (χ0) is 12.5. The van der Waals surface area contributed by atoms with Crippen molar-refractivity contribution in [2.45, 2.75) is 31.7 Å². The molecule has 1 aliphatic carbocycles. The number of benzene rings is 1. The SMILES string of the molecule is CNC1CCCC1Cc1c[nH]c2c(Cl)cccc12. The molecule has 0 saturated heterocycles. The number of rotatable bonds is 3. The van der Waals surface area contributed by atoms with Crippen LogP contribution in [0, 0.1) is 5.92 Å². The van der Waals surface area contributed by atoms with E-state index in [9.17, 15) is 0 Å². The third-order valence-electron chi connectivity index (χ3n) is 4.26. The number of aromatic amines is 1. The molecule has 2 nitrogen and oxygen atoms in total. The first kappa shape index (κ1) is 12.1. The number of H-pyrrole nitrogens is 1. The van der Waals surface area contributed by atoms with Gasteiger partial charge in [0.25, 0.3) is 0 Å². The predicted octanol–water partition coefficient (Wildman–Crippen LogP) is 3.75. The second-order valence-corrected chi connectivity index (χ2v) is 5.67. The van der Waals surface area contributed by atoms with Crippen LogP contribution in [-0.2, 0) is 6.42 Å². The van der Waals surface area contributed by atoms with Gasteiger partial charge in [0.15, 0.2) is 0 Å². The molecule has 1 fully saturated rings. The monoisotopic (exact) mass is 262 g/mol. The fraction of sp³-hybridized carbons (Fsp3) is 0.467. The molecular weight excluding hydrogens is 244 g/mol. The van der Waals surface area contributed by atoms with Crippen molar-refractivity contribution in [1.82, 2.24) is 10.3 Å². The highest BCUT2D eigenvalue weighted by molar-refractivity contribution is 6.35. The fourth-order valence-corrected chi connectivity index (χ4v) is 3.52. The molecule has 0 bridgehead atoms. The van der Waals surface area contributed by atoms with E-state index in [0.29, 0.717) is 6.04 Å². The summed E-state index contributed by atoms with van der Waals surface area (Å²) in [5.41, 5.74) is 2.48. The standard InChI is InChI=1S/C15H19ClN2/c1-17-14-7-2-4-10(14)8-11-9-18-15-12(11)5-3-6-13(15)16/h3,5-6,9-10,14,17-18H,2,4,7-8H2,1H3. The molecule has 1 saturated carbocycles. The van der Waals surface area contributed by atoms with Crippen LogP contribution in [0.4, 0.5) is 0 Å². The van der Waals surface area contributed by atoms with Crippen LogP contribution in [0.25, 0.3) is 10.9 Å². The second-order valence-electron chi connectivity index (χ2n) is 5.27. The third-order valence-corrected chi connectivity index (χ3v) is 4.58. The van der Waals surface area contributed by atoms with Gasteiger partial charge in [-0.25, -0.2) is 0 Å².